The van der Waals surface area contributed by atoms with Gasteiger partial charge in [0.1, 0.15) is 5.82 Å². The Kier molecular flexibility index (Phi) is 3.16. The first-order chi connectivity index (χ1) is 7.29. The van der Waals surface area contributed by atoms with Crippen LogP contribution in [0.3, 0.4) is 0 Å². The van der Waals surface area contributed by atoms with Crippen molar-refractivity contribution >= 4 is 5.82 Å². The Hall–Kier alpha value is -1.16. The molecule has 1 heterocycles. The zero-order valence-electron chi connectivity index (χ0n) is 8.74. The molecule has 0 saturated heterocycles. The van der Waals surface area contributed by atoms with Gasteiger partial charge in [-0.3, -0.25) is 0 Å². The molecule has 82 valence electrons. The van der Waals surface area contributed by atoms with E-state index in [1.807, 2.05) is 0 Å². The Morgan fingerprint density at radius 1 is 1.60 bits per heavy atom. The van der Waals surface area contributed by atoms with E-state index >= 15 is 0 Å². The van der Waals surface area contributed by atoms with E-state index in [0.29, 0.717) is 18.3 Å². The number of halogens is 1. The van der Waals surface area contributed by atoms with Gasteiger partial charge in [0.05, 0.1) is 12.6 Å². The van der Waals surface area contributed by atoms with Crippen molar-refractivity contribution < 1.29 is 9.13 Å². The molecule has 0 radical (unpaired) electrons. The molecule has 0 amide bonds. The number of methoxy groups -OCH3 is 1. The molecule has 1 N–H and O–H groups in total. The van der Waals surface area contributed by atoms with E-state index in [4.69, 9.17) is 4.74 Å². The van der Waals surface area contributed by atoms with E-state index in [0.717, 1.165) is 0 Å². The average Bonchev–Trinajstić information content (AvgIpc) is 3.00. The summed E-state index contributed by atoms with van der Waals surface area (Å²) in [5.41, 5.74) is 0. The first-order valence-corrected chi connectivity index (χ1v) is 5.17. The van der Waals surface area contributed by atoms with Crippen molar-refractivity contribution in [1.29, 1.82) is 0 Å². The van der Waals surface area contributed by atoms with Gasteiger partial charge in [0, 0.05) is 7.11 Å². The second kappa shape index (κ2) is 4.57. The number of nitrogens with zero attached hydrogens (tertiary/aromatic N) is 1. The van der Waals surface area contributed by atoms with Gasteiger partial charge in [-0.25, -0.2) is 4.98 Å². The Bertz CT molecular complexity index is 328. The van der Waals surface area contributed by atoms with Crippen LogP contribution < -0.4 is 5.32 Å². The Morgan fingerprint density at radius 3 is 3.00 bits per heavy atom. The maximum Gasteiger partial charge on any atom is 0.214 e. The third kappa shape index (κ3) is 2.89. The lowest BCUT2D eigenvalue weighted by Crippen LogP contribution is -2.27. The van der Waals surface area contributed by atoms with Gasteiger partial charge >= 0.3 is 0 Å². The number of pyridine rings is 1. The van der Waals surface area contributed by atoms with Crippen molar-refractivity contribution in [3.8, 4) is 0 Å². The normalized spacial score (nSPS) is 17.5. The molecule has 2 rings (SSSR count). The first-order valence-electron chi connectivity index (χ1n) is 5.17. The predicted molar refractivity (Wildman–Crippen MR) is 56.2 cm³/mol. The molecule has 1 unspecified atom stereocenters. The fraction of sp³-hybridized carbons (Fsp3) is 0.545. The minimum atomic E-state index is -0.452. The second-order valence-corrected chi connectivity index (χ2v) is 3.89. The van der Waals surface area contributed by atoms with Gasteiger partial charge in [-0.15, -0.1) is 0 Å². The molecule has 1 fully saturated rings. The average molecular weight is 210 g/mol. The van der Waals surface area contributed by atoms with Crippen LogP contribution in [0.2, 0.25) is 0 Å². The lowest BCUT2D eigenvalue weighted by molar-refractivity contribution is 0.179. The van der Waals surface area contributed by atoms with Crippen LogP contribution in [-0.2, 0) is 4.74 Å². The minimum Gasteiger partial charge on any atom is -0.383 e. The number of hydrogen-bond acceptors (Lipinski definition) is 3. The molecule has 4 heteroatoms. The molecule has 0 bridgehead atoms. The smallest absolute Gasteiger partial charge is 0.214 e. The number of anilines is 1. The van der Waals surface area contributed by atoms with Gasteiger partial charge < -0.3 is 10.1 Å². The van der Waals surface area contributed by atoms with Gasteiger partial charge in [0.15, 0.2) is 0 Å². The van der Waals surface area contributed by atoms with Crippen molar-refractivity contribution in [2.45, 2.75) is 18.9 Å². The maximum absolute atomic E-state index is 12.8. The Labute approximate surface area is 88.7 Å². The van der Waals surface area contributed by atoms with Gasteiger partial charge in [0.2, 0.25) is 5.95 Å². The number of hydrogen-bond donors (Lipinski definition) is 1. The van der Waals surface area contributed by atoms with Crippen LogP contribution in [0.4, 0.5) is 10.2 Å². The zero-order valence-corrected chi connectivity index (χ0v) is 8.74. The highest BCUT2D eigenvalue weighted by atomic mass is 19.1. The van der Waals surface area contributed by atoms with E-state index in [9.17, 15) is 4.39 Å². The fourth-order valence-electron chi connectivity index (χ4n) is 1.65. The highest BCUT2D eigenvalue weighted by Gasteiger charge is 2.31. The predicted octanol–water partition coefficient (Wildman–Crippen LogP) is 2.06. The third-order valence-electron chi connectivity index (χ3n) is 2.59. The summed E-state index contributed by atoms with van der Waals surface area (Å²) in [6, 6.07) is 5.02. The van der Waals surface area contributed by atoms with Crippen LogP contribution in [-0.4, -0.2) is 24.7 Å². The van der Waals surface area contributed by atoms with Crippen LogP contribution in [0.15, 0.2) is 18.2 Å². The van der Waals surface area contributed by atoms with Crippen LogP contribution in [0.5, 0.6) is 0 Å². The summed E-state index contributed by atoms with van der Waals surface area (Å²) in [7, 11) is 1.68. The largest absolute Gasteiger partial charge is 0.383 e. The third-order valence-corrected chi connectivity index (χ3v) is 2.59. The monoisotopic (exact) mass is 210 g/mol. The van der Waals surface area contributed by atoms with E-state index in [1.165, 1.54) is 18.9 Å². The van der Waals surface area contributed by atoms with E-state index in [2.05, 4.69) is 10.3 Å². The van der Waals surface area contributed by atoms with Crippen molar-refractivity contribution in [2.24, 2.45) is 5.92 Å². The summed E-state index contributed by atoms with van der Waals surface area (Å²) in [6.45, 7) is 0.642. The molecule has 1 saturated carbocycles. The summed E-state index contributed by atoms with van der Waals surface area (Å²) in [5.74, 6) is 0.783. The van der Waals surface area contributed by atoms with Gasteiger partial charge in [-0.1, -0.05) is 6.07 Å². The molecular weight excluding hydrogens is 195 g/mol. The highest BCUT2D eigenvalue weighted by molar-refractivity contribution is 5.35. The molecule has 1 aliphatic carbocycles. The minimum absolute atomic E-state index is 0.254. The van der Waals surface area contributed by atoms with Crippen molar-refractivity contribution in [2.75, 3.05) is 19.0 Å². The Morgan fingerprint density at radius 2 is 2.40 bits per heavy atom. The van der Waals surface area contributed by atoms with Gasteiger partial charge in [0.25, 0.3) is 0 Å². The lowest BCUT2D eigenvalue weighted by Gasteiger charge is -2.17. The standard InChI is InChI=1S/C11H15FN2O/c1-15-7-9(8-5-6-8)13-11-4-2-3-10(12)14-11/h2-4,8-9H,5-7H2,1H3,(H,13,14). The molecule has 0 spiro atoms. The molecule has 1 aromatic rings. The first kappa shape index (κ1) is 10.4. The molecule has 0 aromatic carbocycles. The van der Waals surface area contributed by atoms with Crippen molar-refractivity contribution in [1.82, 2.24) is 4.98 Å². The van der Waals surface area contributed by atoms with Crippen LogP contribution in [0, 0.1) is 11.9 Å². The summed E-state index contributed by atoms with van der Waals surface area (Å²) >= 11 is 0. The summed E-state index contributed by atoms with van der Waals surface area (Å²) < 4.78 is 18.0. The number of nitrogens with one attached hydrogen (secondary N) is 1. The summed E-state index contributed by atoms with van der Waals surface area (Å²) in [5, 5.41) is 3.21. The molecule has 1 aliphatic rings. The van der Waals surface area contributed by atoms with E-state index < -0.39 is 5.95 Å². The van der Waals surface area contributed by atoms with Crippen molar-refractivity contribution in [3.05, 3.63) is 24.1 Å². The summed E-state index contributed by atoms with van der Waals surface area (Å²) in [4.78, 5) is 3.77. The quantitative estimate of drug-likeness (QED) is 0.755. The van der Waals surface area contributed by atoms with Crippen LogP contribution in [0.25, 0.3) is 0 Å². The van der Waals surface area contributed by atoms with E-state index in [-0.39, 0.29) is 6.04 Å². The molecule has 1 atom stereocenters. The fourth-order valence-corrected chi connectivity index (χ4v) is 1.65. The van der Waals surface area contributed by atoms with Gasteiger partial charge in [-0.05, 0) is 30.9 Å². The number of ether oxygens (including phenoxy) is 1. The van der Waals surface area contributed by atoms with Crippen molar-refractivity contribution in [3.63, 3.8) is 0 Å². The summed E-state index contributed by atoms with van der Waals surface area (Å²) in [6.07, 6.45) is 2.44. The Balaban J connectivity index is 1.98. The molecule has 0 aliphatic heterocycles. The zero-order chi connectivity index (χ0) is 10.7. The molecular formula is C11H15FN2O. The number of aromatic nitrogens is 1. The van der Waals surface area contributed by atoms with Crippen LogP contribution >= 0.6 is 0 Å². The number of rotatable bonds is 5. The SMILES string of the molecule is COCC(Nc1cccc(F)n1)C1CC1. The maximum atomic E-state index is 12.8. The topological polar surface area (TPSA) is 34.1 Å². The highest BCUT2D eigenvalue weighted by Crippen LogP contribution is 2.34. The van der Waals surface area contributed by atoms with Gasteiger partial charge in [-0.2, -0.15) is 4.39 Å². The molecule has 1 aromatic heterocycles. The lowest BCUT2D eigenvalue weighted by atomic mass is 10.2. The molecule has 15 heavy (non-hydrogen) atoms. The second-order valence-electron chi connectivity index (χ2n) is 3.89. The molecule has 3 nitrogen and oxygen atoms in total. The van der Waals surface area contributed by atoms with E-state index in [1.54, 1.807) is 19.2 Å². The van der Waals surface area contributed by atoms with Crippen LogP contribution in [0.1, 0.15) is 12.8 Å².